The van der Waals surface area contributed by atoms with Gasteiger partial charge in [-0.05, 0) is 30.7 Å². The lowest BCUT2D eigenvalue weighted by molar-refractivity contribution is 0.0722. The van der Waals surface area contributed by atoms with E-state index >= 15 is 0 Å². The summed E-state index contributed by atoms with van der Waals surface area (Å²) in [4.78, 5) is 26.0. The highest BCUT2D eigenvalue weighted by Crippen LogP contribution is 2.27. The zero-order valence-electron chi connectivity index (χ0n) is 16.4. The van der Waals surface area contributed by atoms with Gasteiger partial charge in [0.1, 0.15) is 0 Å². The smallest absolute Gasteiger partial charge is 0.364 e. The topological polar surface area (TPSA) is 70.4 Å². The summed E-state index contributed by atoms with van der Waals surface area (Å²) in [7, 11) is 0. The number of carbonyl (C=O) groups is 1. The van der Waals surface area contributed by atoms with E-state index in [0.29, 0.717) is 28.9 Å². The van der Waals surface area contributed by atoms with E-state index in [2.05, 4.69) is 5.10 Å². The molecule has 0 bridgehead atoms. The summed E-state index contributed by atoms with van der Waals surface area (Å²) in [5.41, 5.74) is 0.719. The number of benzene rings is 3. The fourth-order valence-electron chi connectivity index (χ4n) is 3.21. The summed E-state index contributed by atoms with van der Waals surface area (Å²) in [5.74, 6) is 0.117. The number of nitrogens with zero attached hydrogens (tertiary/aromatic N) is 2. The standard InChI is InChI=1S/C24H20N2O4/c1-2-29-20-14-8-9-15-21(20)30-24(28)22-18-12-6-7-13-19(18)23(27)26(25-22)16-17-10-4-3-5-11-17/h3-15H,2,16H2,1H3. The molecular weight excluding hydrogens is 380 g/mol. The molecule has 4 aromatic rings. The van der Waals surface area contributed by atoms with Crippen molar-refractivity contribution < 1.29 is 14.3 Å². The molecule has 0 fully saturated rings. The van der Waals surface area contributed by atoms with Gasteiger partial charge in [0.15, 0.2) is 17.2 Å². The van der Waals surface area contributed by atoms with Gasteiger partial charge >= 0.3 is 5.97 Å². The number of para-hydroxylation sites is 2. The molecule has 0 N–H and O–H groups in total. The van der Waals surface area contributed by atoms with Crippen molar-refractivity contribution in [3.05, 3.63) is 100 Å². The van der Waals surface area contributed by atoms with E-state index < -0.39 is 5.97 Å². The number of esters is 1. The van der Waals surface area contributed by atoms with Crippen LogP contribution >= 0.6 is 0 Å². The van der Waals surface area contributed by atoms with Gasteiger partial charge in [-0.3, -0.25) is 4.79 Å². The number of hydrogen-bond donors (Lipinski definition) is 0. The molecule has 6 heteroatoms. The van der Waals surface area contributed by atoms with Crippen LogP contribution in [0.1, 0.15) is 23.0 Å². The molecule has 30 heavy (non-hydrogen) atoms. The van der Waals surface area contributed by atoms with Crippen LogP contribution in [0.15, 0.2) is 83.7 Å². The Balaban J connectivity index is 1.77. The van der Waals surface area contributed by atoms with E-state index in [0.717, 1.165) is 5.56 Å². The number of hydrogen-bond acceptors (Lipinski definition) is 5. The lowest BCUT2D eigenvalue weighted by Gasteiger charge is -2.12. The normalized spacial score (nSPS) is 10.7. The average molecular weight is 400 g/mol. The zero-order chi connectivity index (χ0) is 20.9. The number of carbonyl (C=O) groups excluding carboxylic acids is 1. The number of fused-ring (bicyclic) bond motifs is 1. The molecule has 0 saturated carbocycles. The summed E-state index contributed by atoms with van der Waals surface area (Å²) in [6.07, 6.45) is 0. The maximum atomic E-state index is 13.0. The van der Waals surface area contributed by atoms with Crippen LogP contribution in [0.4, 0.5) is 0 Å². The van der Waals surface area contributed by atoms with Gasteiger partial charge in [-0.25, -0.2) is 9.48 Å². The predicted molar refractivity (Wildman–Crippen MR) is 114 cm³/mol. The minimum absolute atomic E-state index is 0.0763. The van der Waals surface area contributed by atoms with Crippen LogP contribution in [0.3, 0.4) is 0 Å². The SMILES string of the molecule is CCOc1ccccc1OC(=O)c1nn(Cc2ccccc2)c(=O)c2ccccc12. The monoisotopic (exact) mass is 400 g/mol. The van der Waals surface area contributed by atoms with Gasteiger partial charge in [0, 0.05) is 5.39 Å². The van der Waals surface area contributed by atoms with Crippen LogP contribution in [0.2, 0.25) is 0 Å². The molecule has 0 unspecified atom stereocenters. The molecule has 0 aliphatic heterocycles. The van der Waals surface area contributed by atoms with Gasteiger partial charge in [-0.2, -0.15) is 5.10 Å². The quantitative estimate of drug-likeness (QED) is 0.361. The molecule has 0 atom stereocenters. The first-order valence-corrected chi connectivity index (χ1v) is 9.65. The fourth-order valence-corrected chi connectivity index (χ4v) is 3.21. The lowest BCUT2D eigenvalue weighted by atomic mass is 10.1. The molecule has 0 saturated heterocycles. The largest absolute Gasteiger partial charge is 0.490 e. The van der Waals surface area contributed by atoms with Gasteiger partial charge in [0.25, 0.3) is 5.56 Å². The number of rotatable bonds is 6. The Kier molecular flexibility index (Phi) is 5.57. The van der Waals surface area contributed by atoms with Crippen molar-refractivity contribution in [2.45, 2.75) is 13.5 Å². The highest BCUT2D eigenvalue weighted by molar-refractivity contribution is 6.03. The molecule has 4 rings (SSSR count). The highest BCUT2D eigenvalue weighted by Gasteiger charge is 2.20. The third kappa shape index (κ3) is 3.93. The maximum Gasteiger partial charge on any atom is 0.364 e. The Morgan fingerprint density at radius 2 is 1.50 bits per heavy atom. The average Bonchev–Trinajstić information content (AvgIpc) is 2.78. The van der Waals surface area contributed by atoms with E-state index in [4.69, 9.17) is 9.47 Å². The third-order valence-corrected chi connectivity index (χ3v) is 4.59. The van der Waals surface area contributed by atoms with Gasteiger partial charge in [-0.15, -0.1) is 0 Å². The Bertz CT molecular complexity index is 1250. The Morgan fingerprint density at radius 3 is 2.23 bits per heavy atom. The summed E-state index contributed by atoms with van der Waals surface area (Å²) in [5, 5.41) is 5.22. The Hall–Kier alpha value is -3.93. The van der Waals surface area contributed by atoms with Crippen molar-refractivity contribution in [3.8, 4) is 11.5 Å². The highest BCUT2D eigenvalue weighted by atomic mass is 16.6. The first-order chi connectivity index (χ1) is 14.7. The van der Waals surface area contributed by atoms with Crippen LogP contribution < -0.4 is 15.0 Å². The summed E-state index contributed by atoms with van der Waals surface area (Å²) < 4.78 is 12.4. The van der Waals surface area contributed by atoms with Gasteiger partial charge in [-0.1, -0.05) is 60.7 Å². The van der Waals surface area contributed by atoms with Crippen molar-refractivity contribution in [3.63, 3.8) is 0 Å². The lowest BCUT2D eigenvalue weighted by Crippen LogP contribution is -2.27. The third-order valence-electron chi connectivity index (χ3n) is 4.59. The number of aromatic nitrogens is 2. The molecule has 6 nitrogen and oxygen atoms in total. The minimum Gasteiger partial charge on any atom is -0.490 e. The van der Waals surface area contributed by atoms with Gasteiger partial charge in [0.2, 0.25) is 0 Å². The number of ether oxygens (including phenoxy) is 2. The summed E-state index contributed by atoms with van der Waals surface area (Å²) in [6, 6.07) is 23.3. The van der Waals surface area contributed by atoms with E-state index in [-0.39, 0.29) is 17.8 Å². The Labute approximate surface area is 173 Å². The maximum absolute atomic E-state index is 13.0. The minimum atomic E-state index is -0.653. The first kappa shape index (κ1) is 19.4. The second-order valence-corrected chi connectivity index (χ2v) is 6.61. The van der Waals surface area contributed by atoms with Gasteiger partial charge in [0.05, 0.1) is 18.5 Å². The summed E-state index contributed by atoms with van der Waals surface area (Å²) in [6.45, 7) is 2.55. The molecule has 0 amide bonds. The van der Waals surface area contributed by atoms with Crippen LogP contribution in [0.5, 0.6) is 11.5 Å². The molecule has 3 aromatic carbocycles. The fraction of sp³-hybridized carbons (Fsp3) is 0.125. The molecule has 0 spiro atoms. The molecule has 150 valence electrons. The van der Waals surface area contributed by atoms with E-state index in [9.17, 15) is 9.59 Å². The summed E-state index contributed by atoms with van der Waals surface area (Å²) >= 11 is 0. The van der Waals surface area contributed by atoms with Crippen molar-refractivity contribution >= 4 is 16.7 Å². The van der Waals surface area contributed by atoms with Crippen LogP contribution in [0.25, 0.3) is 10.8 Å². The van der Waals surface area contributed by atoms with Gasteiger partial charge < -0.3 is 9.47 Å². The van der Waals surface area contributed by atoms with Crippen molar-refractivity contribution in [2.24, 2.45) is 0 Å². The zero-order valence-corrected chi connectivity index (χ0v) is 16.4. The molecule has 0 aliphatic carbocycles. The van der Waals surface area contributed by atoms with E-state index in [1.54, 1.807) is 48.5 Å². The van der Waals surface area contributed by atoms with Crippen LogP contribution in [-0.2, 0) is 6.54 Å². The molecule has 0 radical (unpaired) electrons. The first-order valence-electron chi connectivity index (χ1n) is 9.65. The molecular formula is C24H20N2O4. The van der Waals surface area contributed by atoms with E-state index in [1.807, 2.05) is 37.3 Å². The second-order valence-electron chi connectivity index (χ2n) is 6.61. The molecule has 1 heterocycles. The van der Waals surface area contributed by atoms with Crippen molar-refractivity contribution in [2.75, 3.05) is 6.61 Å². The second kappa shape index (κ2) is 8.61. The van der Waals surface area contributed by atoms with Crippen molar-refractivity contribution in [1.82, 2.24) is 9.78 Å². The Morgan fingerprint density at radius 1 is 0.867 bits per heavy atom. The van der Waals surface area contributed by atoms with Crippen LogP contribution in [-0.4, -0.2) is 22.4 Å². The van der Waals surface area contributed by atoms with E-state index in [1.165, 1.54) is 4.68 Å². The molecule has 0 aliphatic rings. The molecule has 1 aromatic heterocycles. The predicted octanol–water partition coefficient (Wildman–Crippen LogP) is 4.06. The van der Waals surface area contributed by atoms with Crippen molar-refractivity contribution in [1.29, 1.82) is 0 Å². The van der Waals surface area contributed by atoms with Crippen LogP contribution in [0, 0.1) is 0 Å².